The highest BCUT2D eigenvalue weighted by molar-refractivity contribution is 9.10. The molecule has 0 aliphatic rings. The van der Waals surface area contributed by atoms with Gasteiger partial charge in [0.1, 0.15) is 5.75 Å². The highest BCUT2D eigenvalue weighted by Gasteiger charge is 2.03. The number of benzene rings is 1. The Hall–Kier alpha value is -0.800. The topological polar surface area (TPSA) is 21.3 Å². The van der Waals surface area contributed by atoms with Gasteiger partial charge >= 0.3 is 0 Å². The number of rotatable bonds is 8. The molecule has 19 heavy (non-hydrogen) atoms. The fraction of sp³-hybridized carbons (Fsp3) is 0.500. The van der Waals surface area contributed by atoms with Crippen LogP contribution in [0.4, 0.5) is 0 Å². The SMILES string of the molecule is CCCNCCC=C(C)Cc1cc(OC)ccc1Br. The van der Waals surface area contributed by atoms with E-state index >= 15 is 0 Å². The summed E-state index contributed by atoms with van der Waals surface area (Å²) in [6, 6.07) is 6.11. The third-order valence-corrected chi connectivity index (χ3v) is 3.74. The largest absolute Gasteiger partial charge is 0.497 e. The molecule has 0 unspecified atom stereocenters. The van der Waals surface area contributed by atoms with Crippen molar-refractivity contribution in [3.8, 4) is 5.75 Å². The second-order valence-corrected chi connectivity index (χ2v) is 5.58. The molecule has 0 amide bonds. The number of allylic oxidation sites excluding steroid dienone is 1. The Balaban J connectivity index is 2.51. The second kappa shape index (κ2) is 9.16. The number of hydrogen-bond donors (Lipinski definition) is 1. The lowest BCUT2D eigenvalue weighted by atomic mass is 10.1. The van der Waals surface area contributed by atoms with E-state index in [2.05, 4.69) is 47.2 Å². The van der Waals surface area contributed by atoms with Crippen LogP contribution < -0.4 is 10.1 Å². The molecule has 0 spiro atoms. The summed E-state index contributed by atoms with van der Waals surface area (Å²) >= 11 is 3.60. The van der Waals surface area contributed by atoms with E-state index in [1.807, 2.05) is 12.1 Å². The normalized spacial score (nSPS) is 11.7. The van der Waals surface area contributed by atoms with E-state index in [9.17, 15) is 0 Å². The summed E-state index contributed by atoms with van der Waals surface area (Å²) in [5, 5.41) is 3.41. The number of ether oxygens (including phenoxy) is 1. The van der Waals surface area contributed by atoms with Crippen molar-refractivity contribution >= 4 is 15.9 Å². The standard InChI is InChI=1S/C16H24BrNO/c1-4-9-18-10-5-6-13(2)11-14-12-15(19-3)7-8-16(14)17/h6-8,12,18H,4-5,9-11H2,1-3H3. The second-order valence-electron chi connectivity index (χ2n) is 4.72. The summed E-state index contributed by atoms with van der Waals surface area (Å²) < 4.78 is 6.41. The van der Waals surface area contributed by atoms with Crippen molar-refractivity contribution in [1.82, 2.24) is 5.32 Å². The first-order valence-electron chi connectivity index (χ1n) is 6.86. The van der Waals surface area contributed by atoms with Crippen molar-refractivity contribution in [2.45, 2.75) is 33.1 Å². The van der Waals surface area contributed by atoms with Crippen molar-refractivity contribution < 1.29 is 4.74 Å². The van der Waals surface area contributed by atoms with Gasteiger partial charge in [-0.05, 0) is 63.0 Å². The van der Waals surface area contributed by atoms with Crippen LogP contribution >= 0.6 is 15.9 Å². The Morgan fingerprint density at radius 2 is 2.16 bits per heavy atom. The Labute approximate surface area is 125 Å². The summed E-state index contributed by atoms with van der Waals surface area (Å²) in [6.07, 6.45) is 5.56. The quantitative estimate of drug-likeness (QED) is 0.567. The molecule has 3 heteroatoms. The molecule has 0 bridgehead atoms. The average molecular weight is 326 g/mol. The summed E-state index contributed by atoms with van der Waals surface area (Å²) in [6.45, 7) is 6.54. The molecule has 1 aromatic rings. The van der Waals surface area contributed by atoms with Crippen LogP contribution in [-0.4, -0.2) is 20.2 Å². The first-order valence-corrected chi connectivity index (χ1v) is 7.65. The van der Waals surface area contributed by atoms with Crippen LogP contribution in [0.1, 0.15) is 32.3 Å². The van der Waals surface area contributed by atoms with E-state index in [-0.39, 0.29) is 0 Å². The zero-order valence-electron chi connectivity index (χ0n) is 12.1. The molecule has 0 saturated carbocycles. The monoisotopic (exact) mass is 325 g/mol. The lowest BCUT2D eigenvalue weighted by Crippen LogP contribution is -2.15. The summed E-state index contributed by atoms with van der Waals surface area (Å²) in [4.78, 5) is 0. The molecule has 2 nitrogen and oxygen atoms in total. The molecule has 106 valence electrons. The van der Waals surface area contributed by atoms with Crippen LogP contribution in [0.3, 0.4) is 0 Å². The van der Waals surface area contributed by atoms with Gasteiger partial charge in [0.2, 0.25) is 0 Å². The van der Waals surface area contributed by atoms with E-state index in [0.717, 1.165) is 36.2 Å². The van der Waals surface area contributed by atoms with Gasteiger partial charge in [0.05, 0.1) is 7.11 Å². The van der Waals surface area contributed by atoms with E-state index in [0.29, 0.717) is 0 Å². The Morgan fingerprint density at radius 3 is 2.84 bits per heavy atom. The predicted octanol–water partition coefficient (Wildman–Crippen LogP) is 4.34. The van der Waals surface area contributed by atoms with Crippen LogP contribution in [0.15, 0.2) is 34.3 Å². The van der Waals surface area contributed by atoms with Crippen LogP contribution in [-0.2, 0) is 6.42 Å². The minimum atomic E-state index is 0.913. The highest BCUT2D eigenvalue weighted by atomic mass is 79.9. The maximum absolute atomic E-state index is 5.27. The van der Waals surface area contributed by atoms with Crippen LogP contribution in [0.25, 0.3) is 0 Å². The van der Waals surface area contributed by atoms with Crippen molar-refractivity contribution in [3.05, 3.63) is 39.9 Å². The van der Waals surface area contributed by atoms with Gasteiger partial charge in [0.25, 0.3) is 0 Å². The van der Waals surface area contributed by atoms with Crippen molar-refractivity contribution in [1.29, 1.82) is 0 Å². The molecule has 0 aromatic heterocycles. The van der Waals surface area contributed by atoms with Gasteiger partial charge in [-0.1, -0.05) is 34.5 Å². The summed E-state index contributed by atoms with van der Waals surface area (Å²) in [5.74, 6) is 0.913. The van der Waals surface area contributed by atoms with Gasteiger partial charge in [-0.15, -0.1) is 0 Å². The van der Waals surface area contributed by atoms with Crippen molar-refractivity contribution in [2.75, 3.05) is 20.2 Å². The molecule has 0 atom stereocenters. The third-order valence-electron chi connectivity index (χ3n) is 2.96. The fourth-order valence-corrected chi connectivity index (χ4v) is 2.30. The van der Waals surface area contributed by atoms with E-state index in [1.165, 1.54) is 17.6 Å². The van der Waals surface area contributed by atoms with Gasteiger partial charge in [-0.25, -0.2) is 0 Å². The first-order chi connectivity index (χ1) is 9.17. The number of methoxy groups -OCH3 is 1. The zero-order chi connectivity index (χ0) is 14.1. The molecular weight excluding hydrogens is 302 g/mol. The fourth-order valence-electron chi connectivity index (χ4n) is 1.91. The molecular formula is C16H24BrNO. The minimum absolute atomic E-state index is 0.913. The molecule has 0 aliphatic carbocycles. The zero-order valence-corrected chi connectivity index (χ0v) is 13.7. The van der Waals surface area contributed by atoms with Gasteiger partial charge in [-0.3, -0.25) is 0 Å². The molecule has 0 saturated heterocycles. The lowest BCUT2D eigenvalue weighted by molar-refractivity contribution is 0.414. The van der Waals surface area contributed by atoms with Crippen LogP contribution in [0.2, 0.25) is 0 Å². The van der Waals surface area contributed by atoms with E-state index in [4.69, 9.17) is 4.74 Å². The third kappa shape index (κ3) is 6.26. The summed E-state index contributed by atoms with van der Waals surface area (Å²) in [7, 11) is 1.70. The summed E-state index contributed by atoms with van der Waals surface area (Å²) in [5.41, 5.74) is 2.67. The van der Waals surface area contributed by atoms with E-state index in [1.54, 1.807) is 7.11 Å². The molecule has 1 rings (SSSR count). The van der Waals surface area contributed by atoms with Gasteiger partial charge < -0.3 is 10.1 Å². The Bertz CT molecular complexity index is 415. The van der Waals surface area contributed by atoms with E-state index < -0.39 is 0 Å². The molecule has 0 radical (unpaired) electrons. The smallest absolute Gasteiger partial charge is 0.119 e. The van der Waals surface area contributed by atoms with Gasteiger partial charge in [0.15, 0.2) is 0 Å². The minimum Gasteiger partial charge on any atom is -0.497 e. The Morgan fingerprint density at radius 1 is 1.37 bits per heavy atom. The van der Waals surface area contributed by atoms with Crippen LogP contribution in [0.5, 0.6) is 5.75 Å². The number of halogens is 1. The first kappa shape index (κ1) is 16.3. The lowest BCUT2D eigenvalue weighted by Gasteiger charge is -2.08. The predicted molar refractivity (Wildman–Crippen MR) is 85.9 cm³/mol. The molecule has 0 fully saturated rings. The maximum atomic E-state index is 5.27. The maximum Gasteiger partial charge on any atom is 0.119 e. The highest BCUT2D eigenvalue weighted by Crippen LogP contribution is 2.24. The van der Waals surface area contributed by atoms with Crippen molar-refractivity contribution in [3.63, 3.8) is 0 Å². The Kier molecular flexibility index (Phi) is 7.84. The van der Waals surface area contributed by atoms with Crippen molar-refractivity contribution in [2.24, 2.45) is 0 Å². The van der Waals surface area contributed by atoms with Gasteiger partial charge in [0, 0.05) is 4.47 Å². The van der Waals surface area contributed by atoms with Crippen LogP contribution in [0, 0.1) is 0 Å². The molecule has 0 heterocycles. The average Bonchev–Trinajstić information content (AvgIpc) is 2.41. The number of hydrogen-bond acceptors (Lipinski definition) is 2. The molecule has 0 aliphatic heterocycles. The van der Waals surface area contributed by atoms with Gasteiger partial charge in [-0.2, -0.15) is 0 Å². The number of nitrogens with one attached hydrogen (secondary N) is 1. The molecule has 1 aromatic carbocycles. The molecule has 1 N–H and O–H groups in total.